The highest BCUT2D eigenvalue weighted by molar-refractivity contribution is 7.11. The molecule has 1 N–H and O–H groups in total. The quantitative estimate of drug-likeness (QED) is 0.517. The van der Waals surface area contributed by atoms with Crippen molar-refractivity contribution in [2.24, 2.45) is 5.16 Å². The lowest BCUT2D eigenvalue weighted by atomic mass is 10.0. The van der Waals surface area contributed by atoms with Crippen LogP contribution in [0.1, 0.15) is 39.5 Å². The Morgan fingerprint density at radius 2 is 2.19 bits per heavy atom. The van der Waals surface area contributed by atoms with Crippen molar-refractivity contribution in [2.45, 2.75) is 39.0 Å². The van der Waals surface area contributed by atoms with Crippen molar-refractivity contribution in [3.63, 3.8) is 0 Å². The van der Waals surface area contributed by atoms with Crippen molar-refractivity contribution >= 4 is 28.6 Å². The van der Waals surface area contributed by atoms with Gasteiger partial charge in [0.25, 0.3) is 0 Å². The van der Waals surface area contributed by atoms with E-state index in [0.717, 1.165) is 29.0 Å². The van der Waals surface area contributed by atoms with Crippen LogP contribution in [-0.2, 0) is 19.3 Å². The van der Waals surface area contributed by atoms with E-state index in [0.29, 0.717) is 17.2 Å². The summed E-state index contributed by atoms with van der Waals surface area (Å²) in [6.45, 7) is 1.96. The van der Waals surface area contributed by atoms with Gasteiger partial charge in [0, 0.05) is 21.9 Å². The summed E-state index contributed by atoms with van der Waals surface area (Å²) in [5.41, 5.74) is 3.71. The summed E-state index contributed by atoms with van der Waals surface area (Å²) >= 11 is 7.90. The zero-order valence-electron chi connectivity index (χ0n) is 11.9. The zero-order chi connectivity index (χ0) is 14.8. The molecular weight excluding hydrogens is 304 g/mol. The predicted octanol–water partition coefficient (Wildman–Crippen LogP) is 4.40. The summed E-state index contributed by atoms with van der Waals surface area (Å²) in [5, 5.41) is 14.5. The Morgan fingerprint density at radius 3 is 2.90 bits per heavy atom. The highest BCUT2D eigenvalue weighted by atomic mass is 35.5. The topological polar surface area (TPSA) is 45.5 Å². The molecule has 0 saturated heterocycles. The molecule has 0 atom stereocenters. The second kappa shape index (κ2) is 6.16. The predicted molar refractivity (Wildman–Crippen MR) is 87.0 cm³/mol. The molecule has 0 aliphatic heterocycles. The summed E-state index contributed by atoms with van der Waals surface area (Å²) in [6.07, 6.45) is 5.24. The molecule has 1 aromatic carbocycles. The Morgan fingerprint density at radius 1 is 1.38 bits per heavy atom. The number of hydrogen-bond donors (Lipinski definition) is 1. The fourth-order valence-electron chi connectivity index (χ4n) is 2.59. The number of oxime groups is 1. The van der Waals surface area contributed by atoms with Crippen molar-refractivity contribution in [1.82, 2.24) is 4.98 Å². The van der Waals surface area contributed by atoms with Gasteiger partial charge in [0.05, 0.1) is 16.4 Å². The first-order valence-corrected chi connectivity index (χ1v) is 8.31. The number of hydrogen-bond acceptors (Lipinski definition) is 4. The summed E-state index contributed by atoms with van der Waals surface area (Å²) in [7, 11) is 0. The molecule has 0 radical (unpaired) electrons. The van der Waals surface area contributed by atoms with Gasteiger partial charge in [-0.2, -0.15) is 0 Å². The van der Waals surface area contributed by atoms with Gasteiger partial charge in [-0.15, -0.1) is 11.3 Å². The number of nitrogens with zero attached hydrogens (tertiary/aromatic N) is 2. The second-order valence-electron chi connectivity index (χ2n) is 5.37. The van der Waals surface area contributed by atoms with Gasteiger partial charge in [-0.05, 0) is 44.2 Å². The van der Waals surface area contributed by atoms with E-state index < -0.39 is 0 Å². The molecule has 0 fully saturated rings. The van der Waals surface area contributed by atoms with Crippen molar-refractivity contribution in [3.05, 3.63) is 49.9 Å². The summed E-state index contributed by atoms with van der Waals surface area (Å²) in [6, 6.07) is 5.72. The van der Waals surface area contributed by atoms with E-state index in [1.54, 1.807) is 11.3 Å². The Balaban J connectivity index is 1.84. The molecule has 3 nitrogen and oxygen atoms in total. The minimum atomic E-state index is 0.549. The molecule has 1 aromatic heterocycles. The lowest BCUT2D eigenvalue weighted by Gasteiger charge is -2.06. The Labute approximate surface area is 133 Å². The fraction of sp³-hybridized carbons (Fsp3) is 0.375. The van der Waals surface area contributed by atoms with E-state index in [1.165, 1.54) is 23.4 Å². The highest BCUT2D eigenvalue weighted by Crippen LogP contribution is 2.28. The molecule has 0 bridgehead atoms. The smallest absolute Gasteiger partial charge is 0.0992 e. The van der Waals surface area contributed by atoms with Gasteiger partial charge in [-0.1, -0.05) is 28.9 Å². The van der Waals surface area contributed by atoms with E-state index in [9.17, 15) is 5.21 Å². The molecule has 1 aliphatic rings. The van der Waals surface area contributed by atoms with Crippen LogP contribution < -0.4 is 0 Å². The van der Waals surface area contributed by atoms with Crippen molar-refractivity contribution in [1.29, 1.82) is 0 Å². The van der Waals surface area contributed by atoms with Crippen LogP contribution in [0, 0.1) is 6.92 Å². The van der Waals surface area contributed by atoms with Crippen LogP contribution in [0.4, 0.5) is 0 Å². The van der Waals surface area contributed by atoms with E-state index in [2.05, 4.69) is 5.16 Å². The third-order valence-electron chi connectivity index (χ3n) is 3.83. The van der Waals surface area contributed by atoms with Crippen LogP contribution in [0.2, 0.25) is 5.02 Å². The van der Waals surface area contributed by atoms with E-state index >= 15 is 0 Å². The maximum absolute atomic E-state index is 9.33. The highest BCUT2D eigenvalue weighted by Gasteiger charge is 2.17. The zero-order valence-corrected chi connectivity index (χ0v) is 13.5. The van der Waals surface area contributed by atoms with Crippen LogP contribution in [0.5, 0.6) is 0 Å². The molecule has 110 valence electrons. The average molecular weight is 321 g/mol. The van der Waals surface area contributed by atoms with E-state index in [-0.39, 0.29) is 0 Å². The molecule has 0 spiro atoms. The maximum Gasteiger partial charge on any atom is 0.0992 e. The Kier molecular flexibility index (Phi) is 4.27. The number of rotatable bonds is 3. The molecule has 0 saturated carbocycles. The molecule has 1 aliphatic carbocycles. The van der Waals surface area contributed by atoms with Crippen molar-refractivity contribution in [2.75, 3.05) is 0 Å². The van der Waals surface area contributed by atoms with Gasteiger partial charge in [0.1, 0.15) is 0 Å². The molecule has 3 rings (SSSR count). The van der Waals surface area contributed by atoms with Gasteiger partial charge in [-0.3, -0.25) is 0 Å². The van der Waals surface area contributed by atoms with Crippen LogP contribution in [0.3, 0.4) is 0 Å². The van der Waals surface area contributed by atoms with Gasteiger partial charge in [0.15, 0.2) is 0 Å². The third-order valence-corrected chi connectivity index (χ3v) is 5.40. The number of fused-ring (bicyclic) bond motifs is 1. The van der Waals surface area contributed by atoms with Crippen molar-refractivity contribution < 1.29 is 5.21 Å². The largest absolute Gasteiger partial charge is 0.411 e. The first-order chi connectivity index (χ1) is 10.2. The maximum atomic E-state index is 9.33. The monoisotopic (exact) mass is 320 g/mol. The molecule has 21 heavy (non-hydrogen) atoms. The number of thiazole rings is 1. The van der Waals surface area contributed by atoms with E-state index in [4.69, 9.17) is 16.6 Å². The van der Waals surface area contributed by atoms with E-state index in [1.807, 2.05) is 25.1 Å². The number of benzene rings is 1. The Bertz CT molecular complexity index is 670. The minimum absolute atomic E-state index is 0.549. The standard InChI is InChI=1S/C16H17ClN2OS/c1-10-6-7-11(8-12(10)17)14(19-20)9-16-18-13-4-2-3-5-15(13)21-16/h6-8,20H,2-5,9H2,1H3. The lowest BCUT2D eigenvalue weighted by Crippen LogP contribution is -2.06. The molecule has 0 unspecified atom stereocenters. The van der Waals surface area contributed by atoms with Gasteiger partial charge in [0.2, 0.25) is 0 Å². The first kappa shape index (κ1) is 14.5. The van der Waals surface area contributed by atoms with Crippen LogP contribution in [-0.4, -0.2) is 15.9 Å². The average Bonchev–Trinajstić information content (AvgIpc) is 2.90. The van der Waals surface area contributed by atoms with Crippen LogP contribution in [0.15, 0.2) is 23.4 Å². The summed E-state index contributed by atoms with van der Waals surface area (Å²) in [5.74, 6) is 0. The molecule has 5 heteroatoms. The SMILES string of the molecule is Cc1ccc(C(Cc2nc3c(s2)CCCC3)=NO)cc1Cl. The van der Waals surface area contributed by atoms with Crippen LogP contribution in [0.25, 0.3) is 0 Å². The van der Waals surface area contributed by atoms with Gasteiger partial charge < -0.3 is 5.21 Å². The second-order valence-corrected chi connectivity index (χ2v) is 6.95. The third kappa shape index (κ3) is 3.11. The molecule has 2 aromatic rings. The summed E-state index contributed by atoms with van der Waals surface area (Å²) in [4.78, 5) is 6.10. The molecule has 0 amide bonds. The molecular formula is C16H17ClN2OS. The van der Waals surface area contributed by atoms with Crippen LogP contribution >= 0.6 is 22.9 Å². The minimum Gasteiger partial charge on any atom is -0.411 e. The van der Waals surface area contributed by atoms with Gasteiger partial charge in [-0.25, -0.2) is 4.98 Å². The van der Waals surface area contributed by atoms with Gasteiger partial charge >= 0.3 is 0 Å². The number of aromatic nitrogens is 1. The lowest BCUT2D eigenvalue weighted by molar-refractivity contribution is 0.318. The first-order valence-electron chi connectivity index (χ1n) is 7.12. The normalized spacial score (nSPS) is 15.0. The Hall–Kier alpha value is -1.39. The molecule has 1 heterocycles. The number of aryl methyl sites for hydroxylation is 3. The van der Waals surface area contributed by atoms with Crippen molar-refractivity contribution in [3.8, 4) is 0 Å². The summed E-state index contributed by atoms with van der Waals surface area (Å²) < 4.78 is 0. The number of halogens is 1. The fourth-order valence-corrected chi connectivity index (χ4v) is 3.93.